The molecule has 1 heterocycles. The molecule has 0 atom stereocenters. The topological polar surface area (TPSA) is 59.9 Å². The molecule has 0 bridgehead atoms. The highest BCUT2D eigenvalue weighted by atomic mass is 31.2. The first-order valence-electron chi connectivity index (χ1n) is 5.36. The highest BCUT2D eigenvalue weighted by molar-refractivity contribution is 7.54. The normalized spacial score (nSPS) is 17.1. The quantitative estimate of drug-likeness (QED) is 0.714. The van der Waals surface area contributed by atoms with E-state index in [0.29, 0.717) is 19.4 Å². The molecule has 0 fully saturated rings. The summed E-state index contributed by atoms with van der Waals surface area (Å²) in [5, 5.41) is 4.11. The minimum atomic E-state index is -2.96. The van der Waals surface area contributed by atoms with E-state index in [2.05, 4.69) is 10.5 Å². The van der Waals surface area contributed by atoms with Crippen LogP contribution in [0.3, 0.4) is 0 Å². The molecule has 15 heavy (non-hydrogen) atoms. The van der Waals surface area contributed by atoms with Crippen LogP contribution in [0, 0.1) is 0 Å². The van der Waals surface area contributed by atoms with Gasteiger partial charge in [0.05, 0.1) is 19.4 Å². The van der Waals surface area contributed by atoms with Gasteiger partial charge in [-0.15, -0.1) is 0 Å². The zero-order valence-corrected chi connectivity index (χ0v) is 10.3. The van der Waals surface area contributed by atoms with Gasteiger partial charge in [-0.25, -0.2) is 0 Å². The van der Waals surface area contributed by atoms with Crippen molar-refractivity contribution in [2.45, 2.75) is 26.7 Å². The minimum Gasteiger partial charge on any atom is -0.310 e. The summed E-state index contributed by atoms with van der Waals surface area (Å²) < 4.78 is 22.5. The van der Waals surface area contributed by atoms with Crippen molar-refractivity contribution >= 4 is 13.3 Å². The highest BCUT2D eigenvalue weighted by Crippen LogP contribution is 2.48. The first-order chi connectivity index (χ1) is 7.20. The number of hydrogen-bond donors (Lipinski definition) is 1. The smallest absolute Gasteiger partial charge is 0.310 e. The number of hydrazone groups is 1. The lowest BCUT2D eigenvalue weighted by Crippen LogP contribution is -2.22. The van der Waals surface area contributed by atoms with Gasteiger partial charge in [-0.2, -0.15) is 5.10 Å². The minimum absolute atomic E-state index is 0.307. The lowest BCUT2D eigenvalue weighted by molar-refractivity contribution is 0.223. The van der Waals surface area contributed by atoms with Gasteiger partial charge in [0, 0.05) is 12.3 Å². The van der Waals surface area contributed by atoms with Crippen molar-refractivity contribution < 1.29 is 13.6 Å². The fraction of sp³-hybridized carbons (Fsp3) is 0.889. The van der Waals surface area contributed by atoms with E-state index in [-0.39, 0.29) is 0 Å². The summed E-state index contributed by atoms with van der Waals surface area (Å²) in [6, 6.07) is 0. The van der Waals surface area contributed by atoms with Crippen molar-refractivity contribution in [1.82, 2.24) is 5.43 Å². The summed E-state index contributed by atoms with van der Waals surface area (Å²) in [5.41, 5.74) is 3.78. The fourth-order valence-corrected chi connectivity index (χ4v) is 3.17. The van der Waals surface area contributed by atoms with Crippen molar-refractivity contribution in [3.8, 4) is 0 Å². The van der Waals surface area contributed by atoms with E-state index in [1.54, 1.807) is 0 Å². The summed E-state index contributed by atoms with van der Waals surface area (Å²) in [7, 11) is -2.96. The predicted octanol–water partition coefficient (Wildman–Crippen LogP) is 1.99. The first-order valence-corrected chi connectivity index (χ1v) is 7.09. The third kappa shape index (κ3) is 4.33. The van der Waals surface area contributed by atoms with Crippen LogP contribution in [0.5, 0.6) is 0 Å². The van der Waals surface area contributed by atoms with Crippen molar-refractivity contribution in [3.63, 3.8) is 0 Å². The maximum absolute atomic E-state index is 12.1. The van der Waals surface area contributed by atoms with Gasteiger partial charge >= 0.3 is 7.60 Å². The Morgan fingerprint density at radius 1 is 1.40 bits per heavy atom. The second-order valence-electron chi connectivity index (χ2n) is 3.29. The van der Waals surface area contributed by atoms with Crippen LogP contribution in [0.1, 0.15) is 26.7 Å². The maximum atomic E-state index is 12.1. The molecule has 0 spiro atoms. The number of nitrogens with one attached hydrogen (secondary N) is 1. The molecular weight excluding hydrogens is 215 g/mol. The van der Waals surface area contributed by atoms with Crippen LogP contribution in [0.15, 0.2) is 5.10 Å². The Morgan fingerprint density at radius 2 is 2.07 bits per heavy atom. The molecule has 1 N–H and O–H groups in total. The molecule has 1 rings (SSSR count). The SMILES string of the molecule is CCOP(=O)(CC1=NNCCC1)OCC. The van der Waals surface area contributed by atoms with Crippen molar-refractivity contribution in [1.29, 1.82) is 0 Å². The Kier molecular flexibility index (Phi) is 5.29. The molecular formula is C9H19N2O3P. The number of nitrogens with zero attached hydrogens (tertiary/aromatic N) is 1. The van der Waals surface area contributed by atoms with Gasteiger partial charge in [-0.05, 0) is 26.7 Å². The molecule has 88 valence electrons. The van der Waals surface area contributed by atoms with Gasteiger partial charge in [-0.3, -0.25) is 4.57 Å². The van der Waals surface area contributed by atoms with Crippen LogP contribution in [0.25, 0.3) is 0 Å². The van der Waals surface area contributed by atoms with Crippen LogP contribution in [0.4, 0.5) is 0 Å². The molecule has 1 aliphatic heterocycles. The van der Waals surface area contributed by atoms with E-state index in [9.17, 15) is 4.57 Å². The second-order valence-corrected chi connectivity index (χ2v) is 5.35. The molecule has 0 unspecified atom stereocenters. The predicted molar refractivity (Wildman–Crippen MR) is 60.4 cm³/mol. The summed E-state index contributed by atoms with van der Waals surface area (Å²) in [6.45, 7) is 5.31. The molecule has 0 radical (unpaired) electrons. The van der Waals surface area contributed by atoms with Crippen LogP contribution in [-0.4, -0.2) is 31.6 Å². The van der Waals surface area contributed by atoms with E-state index in [1.165, 1.54) is 0 Å². The largest absolute Gasteiger partial charge is 0.336 e. The Labute approximate surface area is 90.8 Å². The maximum Gasteiger partial charge on any atom is 0.336 e. The average molecular weight is 234 g/mol. The van der Waals surface area contributed by atoms with Crippen molar-refractivity contribution in [3.05, 3.63) is 0 Å². The zero-order chi connectivity index (χ0) is 11.1. The molecule has 5 nitrogen and oxygen atoms in total. The van der Waals surface area contributed by atoms with Crippen molar-refractivity contribution in [2.24, 2.45) is 5.10 Å². The van der Waals surface area contributed by atoms with Crippen LogP contribution < -0.4 is 5.43 Å². The summed E-state index contributed by atoms with van der Waals surface area (Å²) in [6.07, 6.45) is 2.20. The highest BCUT2D eigenvalue weighted by Gasteiger charge is 2.26. The van der Waals surface area contributed by atoms with Crippen LogP contribution in [0.2, 0.25) is 0 Å². The fourth-order valence-electron chi connectivity index (χ4n) is 1.46. The van der Waals surface area contributed by atoms with Crippen LogP contribution >= 0.6 is 7.60 Å². The molecule has 6 heteroatoms. The molecule has 0 saturated heterocycles. The Morgan fingerprint density at radius 3 is 2.53 bits per heavy atom. The van der Waals surface area contributed by atoms with Gasteiger partial charge in [0.2, 0.25) is 0 Å². The molecule has 1 aliphatic rings. The molecule has 0 amide bonds. The van der Waals surface area contributed by atoms with E-state index < -0.39 is 7.60 Å². The third-order valence-corrected chi connectivity index (χ3v) is 4.07. The van der Waals surface area contributed by atoms with Crippen LogP contribution in [-0.2, 0) is 13.6 Å². The molecule has 0 aromatic carbocycles. The Bertz CT molecular complexity index is 258. The van der Waals surface area contributed by atoms with E-state index >= 15 is 0 Å². The zero-order valence-electron chi connectivity index (χ0n) is 9.36. The monoisotopic (exact) mass is 234 g/mol. The van der Waals surface area contributed by atoms with E-state index in [0.717, 1.165) is 25.1 Å². The van der Waals surface area contributed by atoms with Gasteiger partial charge < -0.3 is 14.5 Å². The number of hydrogen-bond acceptors (Lipinski definition) is 5. The summed E-state index contributed by atoms with van der Waals surface area (Å²) in [4.78, 5) is 0. The first kappa shape index (κ1) is 12.7. The van der Waals surface area contributed by atoms with Gasteiger partial charge in [0.15, 0.2) is 0 Å². The third-order valence-electron chi connectivity index (χ3n) is 2.02. The van der Waals surface area contributed by atoms with Gasteiger partial charge in [-0.1, -0.05) is 0 Å². The lowest BCUT2D eigenvalue weighted by atomic mass is 10.2. The van der Waals surface area contributed by atoms with E-state index in [4.69, 9.17) is 9.05 Å². The Balaban J connectivity index is 2.56. The molecule has 0 aromatic heterocycles. The van der Waals surface area contributed by atoms with E-state index in [1.807, 2.05) is 13.8 Å². The summed E-state index contributed by atoms with van der Waals surface area (Å²) in [5.74, 6) is 0. The summed E-state index contributed by atoms with van der Waals surface area (Å²) >= 11 is 0. The van der Waals surface area contributed by atoms with Gasteiger partial charge in [0.1, 0.15) is 0 Å². The standard InChI is InChI=1S/C9H19N2O3P/c1-3-13-15(12,14-4-2)8-9-6-5-7-10-11-9/h10H,3-8H2,1-2H3. The number of rotatable bonds is 6. The van der Waals surface area contributed by atoms with Gasteiger partial charge in [0.25, 0.3) is 0 Å². The second kappa shape index (κ2) is 6.26. The molecule has 0 saturated carbocycles. The Hall–Kier alpha value is -0.380. The lowest BCUT2D eigenvalue weighted by Gasteiger charge is -2.19. The van der Waals surface area contributed by atoms with Crippen molar-refractivity contribution in [2.75, 3.05) is 25.9 Å². The molecule has 0 aliphatic carbocycles. The molecule has 0 aromatic rings. The average Bonchev–Trinajstić information content (AvgIpc) is 2.19.